The van der Waals surface area contributed by atoms with E-state index in [1.807, 2.05) is 0 Å². The quantitative estimate of drug-likeness (QED) is 0.127. The normalized spacial score (nSPS) is 25.4. The number of rotatable bonds is 6. The van der Waals surface area contributed by atoms with Gasteiger partial charge in [0.15, 0.2) is 0 Å². The van der Waals surface area contributed by atoms with Crippen molar-refractivity contribution in [2.24, 2.45) is 17.8 Å². The highest BCUT2D eigenvalue weighted by Crippen LogP contribution is 2.77. The van der Waals surface area contributed by atoms with Crippen LogP contribution in [0.2, 0.25) is 0 Å². The standard InChI is InChI=1S/C46H52N2OP2/c1-43(2,3)32-26-36-41(39(28-32)50(47-21-12-13-22-47)34-18-10-9-11-19-34)49-42-37(45(36,7)8)27-33(44(4,5)6)29-40(42)51(48-23-14-15-24-48)46-20-16-17-31-25-35(31)38(46)30-46/h9-19,21-24,26-29,31,35,38H,20,25,30H2,1-8H3. The molecular weight excluding hydrogens is 658 g/mol. The van der Waals surface area contributed by atoms with E-state index in [2.05, 4.69) is 180 Å². The van der Waals surface area contributed by atoms with Gasteiger partial charge < -0.3 is 13.4 Å². The molecule has 4 aliphatic rings. The van der Waals surface area contributed by atoms with Crippen molar-refractivity contribution in [1.82, 2.24) is 8.68 Å². The summed E-state index contributed by atoms with van der Waals surface area (Å²) in [5, 5.41) is 4.31. The molecule has 0 amide bonds. The molecule has 2 saturated carbocycles. The van der Waals surface area contributed by atoms with Gasteiger partial charge in [-0.1, -0.05) is 110 Å². The first-order valence-electron chi connectivity index (χ1n) is 18.9. The van der Waals surface area contributed by atoms with Gasteiger partial charge in [-0.25, -0.2) is 0 Å². The molecule has 3 nitrogen and oxygen atoms in total. The molecule has 3 aromatic carbocycles. The highest BCUT2D eigenvalue weighted by atomic mass is 31.1. The summed E-state index contributed by atoms with van der Waals surface area (Å²) in [5.41, 5.74) is 5.10. The van der Waals surface area contributed by atoms with Crippen molar-refractivity contribution >= 4 is 32.1 Å². The van der Waals surface area contributed by atoms with Crippen LogP contribution in [0.3, 0.4) is 0 Å². The highest BCUT2D eigenvalue weighted by molar-refractivity contribution is 7.71. The Labute approximate surface area is 307 Å². The third-order valence-electron chi connectivity index (χ3n) is 12.3. The lowest BCUT2D eigenvalue weighted by atomic mass is 9.72. The van der Waals surface area contributed by atoms with E-state index in [4.69, 9.17) is 4.74 Å². The molecule has 3 aliphatic carbocycles. The Morgan fingerprint density at radius 1 is 0.706 bits per heavy atom. The second-order valence-corrected chi connectivity index (χ2v) is 22.7. The third kappa shape index (κ3) is 5.44. The molecule has 0 radical (unpaired) electrons. The molecule has 1 aliphatic heterocycles. The minimum atomic E-state index is -0.939. The Bertz CT molecular complexity index is 2130. The van der Waals surface area contributed by atoms with Gasteiger partial charge in [0.2, 0.25) is 0 Å². The van der Waals surface area contributed by atoms with Gasteiger partial charge >= 0.3 is 0 Å². The number of fused-ring (bicyclic) bond motifs is 5. The van der Waals surface area contributed by atoms with Crippen molar-refractivity contribution in [2.75, 3.05) is 0 Å². The number of hydrogen-bond donors (Lipinski definition) is 0. The van der Waals surface area contributed by atoms with Crippen LogP contribution in [0, 0.1) is 17.8 Å². The number of hydrogen-bond acceptors (Lipinski definition) is 1. The van der Waals surface area contributed by atoms with Crippen molar-refractivity contribution < 1.29 is 4.74 Å². The van der Waals surface area contributed by atoms with E-state index in [1.54, 1.807) is 0 Å². The van der Waals surface area contributed by atoms with Gasteiger partial charge in [0.1, 0.15) is 11.5 Å². The lowest BCUT2D eigenvalue weighted by Gasteiger charge is -2.41. The molecule has 0 spiro atoms. The zero-order valence-corrected chi connectivity index (χ0v) is 33.3. The van der Waals surface area contributed by atoms with Gasteiger partial charge in [-0.3, -0.25) is 0 Å². The number of allylic oxidation sites excluding steroid dienone is 2. The van der Waals surface area contributed by atoms with Crippen LogP contribution in [-0.2, 0) is 16.2 Å². The molecule has 2 aromatic heterocycles. The number of nitrogens with zero attached hydrogens (tertiary/aromatic N) is 2. The summed E-state index contributed by atoms with van der Waals surface area (Å²) in [5.74, 6) is 4.60. The summed E-state index contributed by atoms with van der Waals surface area (Å²) in [6.07, 6.45) is 18.1. The van der Waals surface area contributed by atoms with E-state index >= 15 is 0 Å². The van der Waals surface area contributed by atoms with E-state index in [0.29, 0.717) is 0 Å². The Balaban J connectivity index is 1.32. The van der Waals surface area contributed by atoms with E-state index in [1.165, 1.54) is 51.0 Å². The van der Waals surface area contributed by atoms with Crippen molar-refractivity contribution in [1.29, 1.82) is 0 Å². The molecule has 5 aromatic rings. The molecule has 6 unspecified atom stereocenters. The fourth-order valence-corrected chi connectivity index (χ4v) is 14.7. The fraction of sp³-hybridized carbons (Fsp3) is 0.391. The number of benzene rings is 3. The van der Waals surface area contributed by atoms with Crippen molar-refractivity contribution in [3.05, 3.63) is 138 Å². The maximum atomic E-state index is 7.70. The largest absolute Gasteiger partial charge is 0.455 e. The molecule has 51 heavy (non-hydrogen) atoms. The van der Waals surface area contributed by atoms with Gasteiger partial charge in [0.25, 0.3) is 0 Å². The van der Waals surface area contributed by atoms with Gasteiger partial charge in [0, 0.05) is 70.5 Å². The summed E-state index contributed by atoms with van der Waals surface area (Å²) in [7, 11) is -1.69. The average molecular weight is 711 g/mol. The van der Waals surface area contributed by atoms with Crippen molar-refractivity contribution in [3.8, 4) is 11.5 Å². The monoisotopic (exact) mass is 710 g/mol. The minimum absolute atomic E-state index is 0.00212. The van der Waals surface area contributed by atoms with Crippen LogP contribution in [0.1, 0.15) is 96.9 Å². The van der Waals surface area contributed by atoms with Crippen LogP contribution in [0.25, 0.3) is 0 Å². The topological polar surface area (TPSA) is 19.1 Å². The second kappa shape index (κ2) is 11.6. The SMILES string of the molecule is CC(C)(C)c1cc(P(c2ccccc2)n2cccc2)c2c(c1)C(C)(C)c1cc(C(C)(C)C)cc(P(n3cccc3)C34CC=CC5CC5C3C4)c1O2. The minimum Gasteiger partial charge on any atom is -0.455 e. The molecule has 2 fully saturated rings. The smallest absolute Gasteiger partial charge is 0.141 e. The number of aromatic nitrogens is 2. The summed E-state index contributed by atoms with van der Waals surface area (Å²) in [6, 6.07) is 29.9. The molecule has 0 bridgehead atoms. The van der Waals surface area contributed by atoms with Gasteiger partial charge in [-0.2, -0.15) is 0 Å². The molecule has 9 rings (SSSR count). The molecular formula is C46H52N2OP2. The van der Waals surface area contributed by atoms with E-state index in [-0.39, 0.29) is 21.4 Å². The van der Waals surface area contributed by atoms with Crippen LogP contribution in [0.4, 0.5) is 0 Å². The zero-order valence-electron chi connectivity index (χ0n) is 31.5. The maximum Gasteiger partial charge on any atom is 0.141 e. The summed E-state index contributed by atoms with van der Waals surface area (Å²) >= 11 is 0. The molecule has 0 saturated heterocycles. The van der Waals surface area contributed by atoms with Gasteiger partial charge in [-0.15, -0.1) is 0 Å². The second-order valence-electron chi connectivity index (χ2n) is 18.2. The molecule has 3 heterocycles. The first-order valence-corrected chi connectivity index (χ1v) is 21.5. The highest BCUT2D eigenvalue weighted by Gasteiger charge is 2.67. The predicted octanol–water partition coefficient (Wildman–Crippen LogP) is 11.1. The average Bonchev–Trinajstić information content (AvgIpc) is 3.81. The lowest BCUT2D eigenvalue weighted by molar-refractivity contribution is 0.421. The third-order valence-corrected chi connectivity index (χ3v) is 17.7. The van der Waals surface area contributed by atoms with Gasteiger partial charge in [0.05, 0.1) is 8.07 Å². The van der Waals surface area contributed by atoms with E-state index in [9.17, 15) is 0 Å². The number of ether oxygens (including phenoxy) is 1. The van der Waals surface area contributed by atoms with Crippen LogP contribution in [0.5, 0.6) is 11.5 Å². The van der Waals surface area contributed by atoms with Gasteiger partial charge in [-0.05, 0) is 95.4 Å². The van der Waals surface area contributed by atoms with E-state index < -0.39 is 16.1 Å². The van der Waals surface area contributed by atoms with Crippen LogP contribution >= 0.6 is 16.1 Å². The Morgan fingerprint density at radius 2 is 1.27 bits per heavy atom. The summed E-state index contributed by atoms with van der Waals surface area (Å²) in [6.45, 7) is 19.1. The molecule has 6 atom stereocenters. The Morgan fingerprint density at radius 3 is 1.88 bits per heavy atom. The van der Waals surface area contributed by atoms with Crippen LogP contribution in [-0.4, -0.2) is 13.8 Å². The van der Waals surface area contributed by atoms with Crippen LogP contribution < -0.4 is 20.7 Å². The van der Waals surface area contributed by atoms with Crippen LogP contribution in [0.15, 0.2) is 116 Å². The molecule has 262 valence electrons. The predicted molar refractivity (Wildman–Crippen MR) is 218 cm³/mol. The lowest BCUT2D eigenvalue weighted by Crippen LogP contribution is -2.34. The van der Waals surface area contributed by atoms with E-state index in [0.717, 1.165) is 35.7 Å². The molecule has 0 N–H and O–H groups in total. The Hall–Kier alpha value is -3.38. The zero-order chi connectivity index (χ0) is 35.5. The van der Waals surface area contributed by atoms with Crippen molar-refractivity contribution in [3.63, 3.8) is 0 Å². The van der Waals surface area contributed by atoms with Crippen molar-refractivity contribution in [2.45, 2.75) is 96.1 Å². The Kier molecular flexibility index (Phi) is 7.58. The fourth-order valence-electron chi connectivity index (χ4n) is 9.08. The first kappa shape index (κ1) is 33.5. The maximum absolute atomic E-state index is 7.70. The summed E-state index contributed by atoms with van der Waals surface area (Å²) < 4.78 is 12.7. The molecule has 5 heteroatoms. The summed E-state index contributed by atoms with van der Waals surface area (Å²) in [4.78, 5) is 0. The first-order chi connectivity index (χ1) is 24.3.